The van der Waals surface area contributed by atoms with E-state index in [4.69, 9.17) is 4.74 Å². The second-order valence-electron chi connectivity index (χ2n) is 8.86. The maximum absolute atomic E-state index is 12.9. The van der Waals surface area contributed by atoms with Crippen molar-refractivity contribution in [3.63, 3.8) is 0 Å². The molecule has 35 heavy (non-hydrogen) atoms. The van der Waals surface area contributed by atoms with Crippen molar-refractivity contribution in [3.8, 4) is 11.5 Å². The van der Waals surface area contributed by atoms with E-state index < -0.39 is 18.1 Å². The second kappa shape index (κ2) is 8.36. The van der Waals surface area contributed by atoms with Crippen molar-refractivity contribution >= 4 is 23.1 Å². The molecule has 2 fully saturated rings. The summed E-state index contributed by atoms with van der Waals surface area (Å²) in [6.45, 7) is 1.20. The van der Waals surface area contributed by atoms with Crippen LogP contribution < -0.4 is 20.1 Å². The zero-order valence-corrected chi connectivity index (χ0v) is 18.6. The van der Waals surface area contributed by atoms with Crippen LogP contribution in [0.4, 0.5) is 23.7 Å². The van der Waals surface area contributed by atoms with Crippen molar-refractivity contribution in [3.05, 3.63) is 54.4 Å². The molecule has 2 aliphatic rings. The number of carbonyl (C=O) groups excluding carboxylic acids is 2. The van der Waals surface area contributed by atoms with Crippen molar-refractivity contribution in [2.75, 3.05) is 25.5 Å². The molecule has 5 rings (SSSR count). The lowest BCUT2D eigenvalue weighted by atomic mass is 9.60. The van der Waals surface area contributed by atoms with Gasteiger partial charge in [0.2, 0.25) is 0 Å². The van der Waals surface area contributed by atoms with Gasteiger partial charge >= 0.3 is 12.4 Å². The summed E-state index contributed by atoms with van der Waals surface area (Å²) < 4.78 is 48.2. The number of likely N-dealkylation sites (tertiary alicyclic amines) is 1. The molecule has 0 radical (unpaired) electrons. The number of anilines is 1. The number of hydrogen-bond donors (Lipinski definition) is 2. The number of methoxy groups -OCH3 is 1. The van der Waals surface area contributed by atoms with Crippen LogP contribution >= 0.6 is 0 Å². The third-order valence-corrected chi connectivity index (χ3v) is 6.34. The smallest absolute Gasteiger partial charge is 0.495 e. The average molecular weight is 489 g/mol. The number of aromatic nitrogens is 2. The summed E-state index contributed by atoms with van der Waals surface area (Å²) in [7, 11) is 1.34. The summed E-state index contributed by atoms with van der Waals surface area (Å²) in [6.07, 6.45) is -0.0916. The number of carbonyl (C=O) groups is 2. The van der Waals surface area contributed by atoms with Gasteiger partial charge in [0, 0.05) is 36.8 Å². The first-order valence-corrected chi connectivity index (χ1v) is 10.9. The molecule has 9 nitrogen and oxygen atoms in total. The molecule has 1 aliphatic carbocycles. The van der Waals surface area contributed by atoms with Gasteiger partial charge in [0.25, 0.3) is 5.91 Å². The van der Waals surface area contributed by atoms with Crippen LogP contribution in [0.3, 0.4) is 0 Å². The summed E-state index contributed by atoms with van der Waals surface area (Å²) in [5, 5.41) is 9.54. The number of nitrogens with zero attached hydrogens (tertiary/aromatic N) is 3. The molecule has 1 spiro atoms. The quantitative estimate of drug-likeness (QED) is 0.570. The van der Waals surface area contributed by atoms with Crippen LogP contribution in [-0.4, -0.2) is 59.1 Å². The van der Waals surface area contributed by atoms with Crippen LogP contribution in [0, 0.1) is 5.41 Å². The Morgan fingerprint density at radius 2 is 1.94 bits per heavy atom. The van der Waals surface area contributed by atoms with E-state index in [1.165, 1.54) is 13.2 Å². The normalized spacial score (nSPS) is 17.0. The Bertz CT molecular complexity index is 1280. The van der Waals surface area contributed by atoms with E-state index in [2.05, 4.69) is 20.5 Å². The lowest BCUT2D eigenvalue weighted by Gasteiger charge is -2.58. The van der Waals surface area contributed by atoms with Crippen molar-refractivity contribution < 1.29 is 32.2 Å². The van der Waals surface area contributed by atoms with E-state index in [0.29, 0.717) is 31.5 Å². The van der Waals surface area contributed by atoms with Gasteiger partial charge < -0.3 is 25.0 Å². The maximum Gasteiger partial charge on any atom is 0.573 e. The molecule has 0 atom stereocenters. The van der Waals surface area contributed by atoms with E-state index in [1.54, 1.807) is 21.8 Å². The van der Waals surface area contributed by atoms with Gasteiger partial charge in [-0.3, -0.25) is 4.79 Å². The first-order chi connectivity index (χ1) is 16.6. The predicted molar refractivity (Wildman–Crippen MR) is 118 cm³/mol. The zero-order chi connectivity index (χ0) is 24.8. The van der Waals surface area contributed by atoms with Gasteiger partial charge in [0.15, 0.2) is 0 Å². The lowest BCUT2D eigenvalue weighted by Crippen LogP contribution is -2.67. The van der Waals surface area contributed by atoms with Crippen molar-refractivity contribution in [2.45, 2.75) is 25.2 Å². The van der Waals surface area contributed by atoms with Crippen molar-refractivity contribution in [2.24, 2.45) is 5.41 Å². The highest BCUT2D eigenvalue weighted by atomic mass is 19.4. The maximum atomic E-state index is 12.9. The van der Waals surface area contributed by atoms with Crippen LogP contribution in [0.1, 0.15) is 23.2 Å². The van der Waals surface area contributed by atoms with Crippen LogP contribution in [0.15, 0.2) is 48.8 Å². The number of halogens is 3. The minimum Gasteiger partial charge on any atom is -0.495 e. The van der Waals surface area contributed by atoms with E-state index in [9.17, 15) is 22.8 Å². The van der Waals surface area contributed by atoms with Crippen LogP contribution in [0.2, 0.25) is 0 Å². The Kier molecular flexibility index (Phi) is 5.45. The van der Waals surface area contributed by atoms with Gasteiger partial charge in [-0.2, -0.15) is 5.10 Å². The molecular formula is C23H22F3N5O4. The number of ether oxygens (including phenoxy) is 2. The molecular weight excluding hydrogens is 467 g/mol. The fourth-order valence-corrected chi connectivity index (χ4v) is 4.85. The van der Waals surface area contributed by atoms with Gasteiger partial charge in [0.1, 0.15) is 11.5 Å². The lowest BCUT2D eigenvalue weighted by molar-refractivity contribution is -0.274. The molecule has 0 unspecified atom stereocenters. The Hall–Kier alpha value is -3.96. The van der Waals surface area contributed by atoms with E-state index >= 15 is 0 Å². The number of benzene rings is 1. The van der Waals surface area contributed by atoms with Crippen molar-refractivity contribution in [1.82, 2.24) is 19.8 Å². The fraction of sp³-hybridized carbons (Fsp3) is 0.348. The summed E-state index contributed by atoms with van der Waals surface area (Å²) in [4.78, 5) is 27.1. The van der Waals surface area contributed by atoms with E-state index in [1.807, 2.05) is 18.2 Å². The molecule has 1 saturated heterocycles. The molecule has 1 saturated carbocycles. The summed E-state index contributed by atoms with van der Waals surface area (Å²) in [5.41, 5.74) is 1.33. The average Bonchev–Trinajstić information content (AvgIpc) is 3.17. The summed E-state index contributed by atoms with van der Waals surface area (Å²) in [5.74, 6) is -0.346. The van der Waals surface area contributed by atoms with Crippen LogP contribution in [0.25, 0.3) is 5.52 Å². The standard InChI is InChI=1S/C23H22F3N5O4/c1-34-19-6-5-15(35-23(24,25)26)8-17(19)29-21(33)28-14-9-22(10-14)12-30(13-22)20(32)16-11-27-31-7-3-2-4-18(16)31/h2-8,11,14H,9-10,12-13H2,1H3,(H2,28,29,33). The third-order valence-electron chi connectivity index (χ3n) is 6.34. The van der Waals surface area contributed by atoms with Gasteiger partial charge in [-0.15, -0.1) is 13.2 Å². The number of nitrogens with one attached hydrogen (secondary N) is 2. The highest BCUT2D eigenvalue weighted by molar-refractivity contribution is 6.01. The minimum absolute atomic E-state index is 0.0330. The summed E-state index contributed by atoms with van der Waals surface area (Å²) >= 11 is 0. The second-order valence-corrected chi connectivity index (χ2v) is 8.86. The molecule has 2 N–H and O–H groups in total. The number of amides is 3. The molecule has 184 valence electrons. The molecule has 12 heteroatoms. The van der Waals surface area contributed by atoms with Gasteiger partial charge in [-0.05, 0) is 37.1 Å². The van der Waals surface area contributed by atoms with Gasteiger partial charge in [-0.1, -0.05) is 6.07 Å². The highest BCUT2D eigenvalue weighted by Crippen LogP contribution is 2.48. The van der Waals surface area contributed by atoms with Crippen molar-refractivity contribution in [1.29, 1.82) is 0 Å². The van der Waals surface area contributed by atoms with E-state index in [-0.39, 0.29) is 28.8 Å². The van der Waals surface area contributed by atoms with Crippen LogP contribution in [0.5, 0.6) is 11.5 Å². The number of fused-ring (bicyclic) bond motifs is 1. The Labute approximate surface area is 197 Å². The van der Waals surface area contributed by atoms with Gasteiger partial charge in [0.05, 0.1) is 30.1 Å². The monoisotopic (exact) mass is 489 g/mol. The highest BCUT2D eigenvalue weighted by Gasteiger charge is 2.54. The zero-order valence-electron chi connectivity index (χ0n) is 18.6. The Morgan fingerprint density at radius 3 is 2.66 bits per heavy atom. The first-order valence-electron chi connectivity index (χ1n) is 10.9. The fourth-order valence-electron chi connectivity index (χ4n) is 4.85. The molecule has 2 aromatic heterocycles. The number of alkyl halides is 3. The molecule has 1 aliphatic heterocycles. The predicted octanol–water partition coefficient (Wildman–Crippen LogP) is 3.67. The molecule has 3 heterocycles. The first kappa shape index (κ1) is 22.8. The number of hydrogen-bond acceptors (Lipinski definition) is 5. The number of rotatable bonds is 5. The SMILES string of the molecule is COc1ccc(OC(F)(F)F)cc1NC(=O)NC1CC2(C1)CN(C(=O)c1cnn3ccccc13)C2. The number of urea groups is 1. The topological polar surface area (TPSA) is 97.2 Å². The Balaban J connectivity index is 1.13. The summed E-state index contributed by atoms with van der Waals surface area (Å²) in [6, 6.07) is 8.29. The minimum atomic E-state index is -4.85. The number of pyridine rings is 1. The molecule has 0 bridgehead atoms. The molecule has 1 aromatic carbocycles. The van der Waals surface area contributed by atoms with E-state index in [0.717, 1.165) is 17.6 Å². The molecule has 3 aromatic rings. The van der Waals surface area contributed by atoms with Crippen LogP contribution in [-0.2, 0) is 0 Å². The Morgan fingerprint density at radius 1 is 1.17 bits per heavy atom. The molecule has 3 amide bonds. The third kappa shape index (κ3) is 4.55. The largest absolute Gasteiger partial charge is 0.573 e. The van der Waals surface area contributed by atoms with Gasteiger partial charge in [-0.25, -0.2) is 9.31 Å².